The van der Waals surface area contributed by atoms with Crippen molar-refractivity contribution >= 4 is 28.5 Å². The molecule has 2 saturated heterocycles. The molecule has 0 aliphatic carbocycles. The summed E-state index contributed by atoms with van der Waals surface area (Å²) in [6, 6.07) is 5.45. The number of likely N-dealkylation sites (tertiary alicyclic amines) is 1. The molecule has 5 rings (SSSR count). The number of imidazole rings is 1. The number of nitrogens with zero attached hydrogens (tertiary/aromatic N) is 3. The van der Waals surface area contributed by atoms with Crippen LogP contribution in [-0.2, 0) is 16.0 Å². The van der Waals surface area contributed by atoms with Gasteiger partial charge in [-0.2, -0.15) is 4.68 Å². The minimum absolute atomic E-state index is 0.0452. The van der Waals surface area contributed by atoms with E-state index >= 15 is 0 Å². The van der Waals surface area contributed by atoms with Gasteiger partial charge in [-0.15, -0.1) is 0 Å². The number of amides is 1. The van der Waals surface area contributed by atoms with Gasteiger partial charge in [-0.1, -0.05) is 11.6 Å². The number of piperidine rings is 1. The van der Waals surface area contributed by atoms with E-state index in [4.69, 9.17) is 16.3 Å². The molecule has 2 aromatic heterocycles. The Morgan fingerprint density at radius 3 is 2.70 bits per heavy atom. The maximum Gasteiger partial charge on any atom is 0.277 e. The third-order valence-electron chi connectivity index (χ3n) is 7.15. The quantitative estimate of drug-likeness (QED) is 0.591. The number of aromatic nitrogens is 4. The van der Waals surface area contributed by atoms with Crippen LogP contribution >= 0.6 is 11.6 Å². The van der Waals surface area contributed by atoms with E-state index in [1.165, 1.54) is 0 Å². The fraction of sp³-hybridized carbons (Fsp3) is 0.542. The maximum atomic E-state index is 13.6. The third kappa shape index (κ3) is 4.59. The molecule has 1 amide bonds. The summed E-state index contributed by atoms with van der Waals surface area (Å²) in [7, 11) is 0. The number of nitrogens with one attached hydrogen (secondary N) is 2. The lowest BCUT2D eigenvalue weighted by molar-refractivity contribution is -0.129. The zero-order valence-corrected chi connectivity index (χ0v) is 19.7. The van der Waals surface area contributed by atoms with Gasteiger partial charge in [0, 0.05) is 55.4 Å². The van der Waals surface area contributed by atoms with E-state index in [2.05, 4.69) is 15.1 Å². The average molecular weight is 472 g/mol. The van der Waals surface area contributed by atoms with Gasteiger partial charge in [0.25, 0.3) is 5.56 Å². The van der Waals surface area contributed by atoms with Crippen molar-refractivity contribution in [2.24, 2.45) is 5.92 Å². The Hall–Kier alpha value is -2.58. The number of carbonyl (C=O) groups excluding carboxylic acids is 1. The van der Waals surface area contributed by atoms with Gasteiger partial charge in [0.2, 0.25) is 11.9 Å². The largest absolute Gasteiger partial charge is 0.381 e. The highest BCUT2D eigenvalue weighted by molar-refractivity contribution is 6.31. The fourth-order valence-corrected chi connectivity index (χ4v) is 5.33. The minimum Gasteiger partial charge on any atom is -0.381 e. The predicted octanol–water partition coefficient (Wildman–Crippen LogP) is 3.78. The first-order valence-electron chi connectivity index (χ1n) is 11.8. The van der Waals surface area contributed by atoms with E-state index in [1.54, 1.807) is 17.7 Å². The highest BCUT2D eigenvalue weighted by atomic mass is 35.5. The van der Waals surface area contributed by atoms with Crippen molar-refractivity contribution in [2.75, 3.05) is 26.3 Å². The van der Waals surface area contributed by atoms with Crippen LogP contribution in [0.3, 0.4) is 0 Å². The zero-order valence-electron chi connectivity index (χ0n) is 18.9. The molecule has 2 aliphatic heterocycles. The fourth-order valence-electron chi connectivity index (χ4n) is 5.16. The predicted molar refractivity (Wildman–Crippen MR) is 127 cm³/mol. The molecule has 2 fully saturated rings. The van der Waals surface area contributed by atoms with Crippen molar-refractivity contribution < 1.29 is 9.53 Å². The first-order valence-corrected chi connectivity index (χ1v) is 12.2. The van der Waals surface area contributed by atoms with Crippen LogP contribution in [0, 0.1) is 5.92 Å². The van der Waals surface area contributed by atoms with Crippen molar-refractivity contribution in [2.45, 2.75) is 51.4 Å². The highest BCUT2D eigenvalue weighted by Crippen LogP contribution is 2.30. The van der Waals surface area contributed by atoms with E-state index in [0.29, 0.717) is 16.9 Å². The molecule has 0 bridgehead atoms. The number of hydrogen-bond acceptors (Lipinski definition) is 4. The standard InChI is InChI=1S/C24H30ClN5O3/c1-15(31)29-10-6-17(7-11-29)22-19(4-2-16-8-12-33-13-9-16)23(32)30(28-22)24-26-20-5-3-18(25)14-21(20)27-24/h3,5,14,16-17,28H,2,4,6-13H2,1H3,(H,26,27). The van der Waals surface area contributed by atoms with E-state index < -0.39 is 0 Å². The van der Waals surface area contributed by atoms with Gasteiger partial charge >= 0.3 is 0 Å². The van der Waals surface area contributed by atoms with Gasteiger partial charge in [0.05, 0.1) is 11.0 Å². The van der Waals surface area contributed by atoms with Crippen molar-refractivity contribution in [1.82, 2.24) is 24.6 Å². The Morgan fingerprint density at radius 1 is 1.21 bits per heavy atom. The van der Waals surface area contributed by atoms with Crippen molar-refractivity contribution in [3.63, 3.8) is 0 Å². The molecule has 1 aromatic carbocycles. The summed E-state index contributed by atoms with van der Waals surface area (Å²) in [6.07, 6.45) is 5.51. The van der Waals surface area contributed by atoms with Crippen LogP contribution in [-0.4, -0.2) is 56.9 Å². The van der Waals surface area contributed by atoms with Crippen molar-refractivity contribution in [3.05, 3.63) is 44.8 Å². The molecule has 0 unspecified atom stereocenters. The molecular formula is C24H30ClN5O3. The number of hydrogen-bond donors (Lipinski definition) is 2. The monoisotopic (exact) mass is 471 g/mol. The second kappa shape index (κ2) is 9.35. The summed E-state index contributed by atoms with van der Waals surface area (Å²) in [5, 5.41) is 4.01. The number of aromatic amines is 2. The molecule has 0 spiro atoms. The van der Waals surface area contributed by atoms with Crippen LogP contribution in [0.25, 0.3) is 17.0 Å². The number of rotatable bonds is 5. The van der Waals surface area contributed by atoms with Crippen LogP contribution in [0.5, 0.6) is 0 Å². The smallest absolute Gasteiger partial charge is 0.277 e. The zero-order chi connectivity index (χ0) is 22.9. The van der Waals surface area contributed by atoms with E-state index in [9.17, 15) is 9.59 Å². The molecule has 33 heavy (non-hydrogen) atoms. The van der Waals surface area contributed by atoms with Gasteiger partial charge in [-0.3, -0.25) is 14.7 Å². The molecule has 0 radical (unpaired) electrons. The van der Waals surface area contributed by atoms with Crippen LogP contribution in [0.4, 0.5) is 0 Å². The molecule has 4 heterocycles. The first kappa shape index (κ1) is 22.2. The topological polar surface area (TPSA) is 96.0 Å². The number of halogens is 1. The number of carbonyl (C=O) groups is 1. The van der Waals surface area contributed by atoms with E-state index in [-0.39, 0.29) is 17.4 Å². The number of benzene rings is 1. The molecule has 3 aromatic rings. The average Bonchev–Trinajstić information content (AvgIpc) is 3.38. The van der Waals surface area contributed by atoms with Gasteiger partial charge < -0.3 is 14.6 Å². The summed E-state index contributed by atoms with van der Waals surface area (Å²) in [4.78, 5) is 35.1. The second-order valence-corrected chi connectivity index (χ2v) is 9.68. The Balaban J connectivity index is 1.47. The summed E-state index contributed by atoms with van der Waals surface area (Å²) in [6.45, 7) is 4.66. The summed E-state index contributed by atoms with van der Waals surface area (Å²) in [5.74, 6) is 1.39. The lowest BCUT2D eigenvalue weighted by Gasteiger charge is -2.31. The molecule has 176 valence electrons. The number of ether oxygens (including phenoxy) is 1. The van der Waals surface area contributed by atoms with Crippen molar-refractivity contribution in [3.8, 4) is 5.95 Å². The van der Waals surface area contributed by atoms with Crippen LogP contribution in [0.1, 0.15) is 56.2 Å². The van der Waals surface area contributed by atoms with E-state index in [1.807, 2.05) is 17.0 Å². The second-order valence-electron chi connectivity index (χ2n) is 9.24. The van der Waals surface area contributed by atoms with Gasteiger partial charge in [0.1, 0.15) is 0 Å². The molecule has 9 heteroatoms. The molecule has 0 atom stereocenters. The molecule has 0 saturated carbocycles. The van der Waals surface area contributed by atoms with Gasteiger partial charge in [0.15, 0.2) is 0 Å². The lowest BCUT2D eigenvalue weighted by Crippen LogP contribution is -2.36. The number of H-pyrrole nitrogens is 2. The van der Waals surface area contributed by atoms with Crippen molar-refractivity contribution in [1.29, 1.82) is 0 Å². The van der Waals surface area contributed by atoms with Crippen LogP contribution in [0.2, 0.25) is 5.02 Å². The molecule has 2 aliphatic rings. The van der Waals surface area contributed by atoms with Gasteiger partial charge in [-0.05, 0) is 62.6 Å². The first-order chi connectivity index (χ1) is 16.0. The summed E-state index contributed by atoms with van der Waals surface area (Å²) < 4.78 is 7.04. The highest BCUT2D eigenvalue weighted by Gasteiger charge is 2.28. The van der Waals surface area contributed by atoms with Crippen LogP contribution < -0.4 is 5.56 Å². The normalized spacial score (nSPS) is 18.3. The molecule has 8 nitrogen and oxygen atoms in total. The third-order valence-corrected chi connectivity index (χ3v) is 7.39. The Kier molecular flexibility index (Phi) is 6.29. The Labute approximate surface area is 197 Å². The summed E-state index contributed by atoms with van der Waals surface area (Å²) in [5.41, 5.74) is 3.35. The number of fused-ring (bicyclic) bond motifs is 1. The van der Waals surface area contributed by atoms with E-state index in [0.717, 1.165) is 87.1 Å². The van der Waals surface area contributed by atoms with Crippen LogP contribution in [0.15, 0.2) is 23.0 Å². The molecular weight excluding hydrogens is 442 g/mol. The SMILES string of the molecule is CC(=O)N1CCC(c2[nH]n(-c3nc4ccc(Cl)cc4[nH]3)c(=O)c2CCC2CCOCC2)CC1. The van der Waals surface area contributed by atoms with Gasteiger partial charge in [-0.25, -0.2) is 4.98 Å². The lowest BCUT2D eigenvalue weighted by atomic mass is 9.88. The molecule has 2 N–H and O–H groups in total. The Bertz CT molecular complexity index is 1200. The maximum absolute atomic E-state index is 13.6. The summed E-state index contributed by atoms with van der Waals surface area (Å²) >= 11 is 6.12. The minimum atomic E-state index is -0.0452. The Morgan fingerprint density at radius 2 is 1.97 bits per heavy atom.